The van der Waals surface area contributed by atoms with Crippen LogP contribution in [0.15, 0.2) is 61.7 Å². The Bertz CT molecular complexity index is 1670. The number of H-pyrrole nitrogens is 2. The Morgan fingerprint density at radius 2 is 1.79 bits per heavy atom. The van der Waals surface area contributed by atoms with Gasteiger partial charge in [-0.25, -0.2) is 9.97 Å². The number of aromatic amines is 2. The average molecular weight is 450 g/mol. The van der Waals surface area contributed by atoms with Gasteiger partial charge in [0.25, 0.3) is 0 Å². The molecule has 7 nitrogen and oxygen atoms in total. The van der Waals surface area contributed by atoms with Crippen LogP contribution in [0.25, 0.3) is 60.9 Å². The lowest BCUT2D eigenvalue weighted by atomic mass is 10.1. The summed E-state index contributed by atoms with van der Waals surface area (Å²) >= 11 is 1.69. The molecule has 160 valence electrons. The standard InChI is InChI=1S/C25H19N7S/c1-13(2)20-6-7-21(33-20)16-11-27-12-19-22(16)30-25(29-19)24-23-18(31-32-24)5-4-17(28-23)15-10-26-9-8-14(15)3/h4-12H,1H2,2-3H3,(H,29,30)(H,31,32). The predicted octanol–water partition coefficient (Wildman–Crippen LogP) is 6.03. The monoisotopic (exact) mass is 449 g/mol. The maximum atomic E-state index is 4.91. The topological polar surface area (TPSA) is 96.0 Å². The highest BCUT2D eigenvalue weighted by molar-refractivity contribution is 7.16. The quantitative estimate of drug-likeness (QED) is 0.343. The zero-order chi connectivity index (χ0) is 22.5. The van der Waals surface area contributed by atoms with Gasteiger partial charge in [0.15, 0.2) is 11.5 Å². The van der Waals surface area contributed by atoms with E-state index in [2.05, 4.69) is 50.8 Å². The molecule has 0 atom stereocenters. The lowest BCUT2D eigenvalue weighted by molar-refractivity contribution is 1.10. The molecule has 0 amide bonds. The van der Waals surface area contributed by atoms with Crippen LogP contribution in [0, 0.1) is 6.92 Å². The van der Waals surface area contributed by atoms with Crippen LogP contribution in [0.3, 0.4) is 0 Å². The Labute approximate surface area is 193 Å². The van der Waals surface area contributed by atoms with Crippen LogP contribution in [-0.2, 0) is 0 Å². The lowest BCUT2D eigenvalue weighted by Crippen LogP contribution is -1.90. The number of hydrogen-bond acceptors (Lipinski definition) is 6. The normalized spacial score (nSPS) is 11.5. The van der Waals surface area contributed by atoms with Crippen LogP contribution in [0.2, 0.25) is 0 Å². The summed E-state index contributed by atoms with van der Waals surface area (Å²) in [6.45, 7) is 8.11. The van der Waals surface area contributed by atoms with Gasteiger partial charge in [-0.05, 0) is 55.3 Å². The van der Waals surface area contributed by atoms with Crippen LogP contribution in [0.4, 0.5) is 0 Å². The number of nitrogens with zero attached hydrogens (tertiary/aromatic N) is 5. The molecule has 0 radical (unpaired) electrons. The Balaban J connectivity index is 1.49. The summed E-state index contributed by atoms with van der Waals surface area (Å²) in [6, 6.07) is 10.1. The van der Waals surface area contributed by atoms with Crippen molar-refractivity contribution in [3.8, 4) is 33.2 Å². The summed E-state index contributed by atoms with van der Waals surface area (Å²) in [4.78, 5) is 24.1. The van der Waals surface area contributed by atoms with E-state index < -0.39 is 0 Å². The van der Waals surface area contributed by atoms with Crippen molar-refractivity contribution >= 4 is 39.0 Å². The van der Waals surface area contributed by atoms with E-state index in [1.165, 1.54) is 0 Å². The highest BCUT2D eigenvalue weighted by Crippen LogP contribution is 2.36. The minimum atomic E-state index is 0.648. The Kier molecular flexibility index (Phi) is 4.41. The second-order valence-electron chi connectivity index (χ2n) is 7.97. The zero-order valence-corrected chi connectivity index (χ0v) is 18.9. The summed E-state index contributed by atoms with van der Waals surface area (Å²) in [7, 11) is 0. The molecule has 0 spiro atoms. The minimum Gasteiger partial charge on any atom is -0.335 e. The molecule has 0 saturated heterocycles. The maximum Gasteiger partial charge on any atom is 0.161 e. The van der Waals surface area contributed by atoms with Gasteiger partial charge in [0.2, 0.25) is 0 Å². The van der Waals surface area contributed by atoms with Gasteiger partial charge in [-0.15, -0.1) is 11.3 Å². The Morgan fingerprint density at radius 3 is 2.61 bits per heavy atom. The Hall–Kier alpha value is -4.17. The van der Waals surface area contributed by atoms with Gasteiger partial charge in [-0.3, -0.25) is 15.1 Å². The number of hydrogen-bond donors (Lipinski definition) is 2. The summed E-state index contributed by atoms with van der Waals surface area (Å²) in [6.07, 6.45) is 7.26. The predicted molar refractivity (Wildman–Crippen MR) is 133 cm³/mol. The molecular formula is C25H19N7S. The summed E-state index contributed by atoms with van der Waals surface area (Å²) in [5, 5.41) is 7.60. The van der Waals surface area contributed by atoms with Gasteiger partial charge in [-0.2, -0.15) is 5.10 Å². The molecule has 6 aromatic rings. The molecule has 33 heavy (non-hydrogen) atoms. The van der Waals surface area contributed by atoms with E-state index in [1.54, 1.807) is 23.7 Å². The third kappa shape index (κ3) is 3.23. The van der Waals surface area contributed by atoms with Gasteiger partial charge in [0.05, 0.1) is 22.9 Å². The van der Waals surface area contributed by atoms with Crippen LogP contribution in [0.5, 0.6) is 0 Å². The van der Waals surface area contributed by atoms with Crippen molar-refractivity contribution in [2.24, 2.45) is 0 Å². The SMILES string of the molecule is C=C(C)c1ccc(-c2cncc3[nH]c(-c4n[nH]c5ccc(-c6cnccc6C)nc45)nc23)s1. The van der Waals surface area contributed by atoms with Crippen LogP contribution in [-0.4, -0.2) is 35.1 Å². The largest absolute Gasteiger partial charge is 0.335 e. The summed E-state index contributed by atoms with van der Waals surface area (Å²) in [5.41, 5.74) is 8.96. The van der Waals surface area contributed by atoms with E-state index in [0.29, 0.717) is 11.5 Å². The molecule has 0 bridgehead atoms. The molecule has 2 N–H and O–H groups in total. The molecule has 0 unspecified atom stereocenters. The highest BCUT2D eigenvalue weighted by atomic mass is 32.1. The first kappa shape index (κ1) is 19.5. The summed E-state index contributed by atoms with van der Waals surface area (Å²) < 4.78 is 0. The number of pyridine rings is 3. The average Bonchev–Trinajstić information content (AvgIpc) is 3.56. The number of fused-ring (bicyclic) bond motifs is 2. The third-order valence-electron chi connectivity index (χ3n) is 5.63. The zero-order valence-electron chi connectivity index (χ0n) is 18.0. The van der Waals surface area contributed by atoms with Crippen LogP contribution in [0.1, 0.15) is 17.4 Å². The van der Waals surface area contributed by atoms with Crippen molar-refractivity contribution < 1.29 is 0 Å². The van der Waals surface area contributed by atoms with E-state index in [9.17, 15) is 0 Å². The van der Waals surface area contributed by atoms with Gasteiger partial charge in [0.1, 0.15) is 11.0 Å². The molecule has 0 aromatic carbocycles. The molecule has 8 heteroatoms. The highest BCUT2D eigenvalue weighted by Gasteiger charge is 2.18. The molecular weight excluding hydrogens is 430 g/mol. The number of aromatic nitrogens is 7. The fraction of sp³-hybridized carbons (Fsp3) is 0.0800. The van der Waals surface area contributed by atoms with Gasteiger partial charge in [0, 0.05) is 39.5 Å². The van der Waals surface area contributed by atoms with E-state index in [0.717, 1.165) is 59.8 Å². The van der Waals surface area contributed by atoms with Crippen molar-refractivity contribution in [3.05, 3.63) is 72.1 Å². The smallest absolute Gasteiger partial charge is 0.161 e. The van der Waals surface area contributed by atoms with Crippen LogP contribution < -0.4 is 0 Å². The van der Waals surface area contributed by atoms with Crippen molar-refractivity contribution in [2.45, 2.75) is 13.8 Å². The molecule has 6 rings (SSSR count). The molecule has 6 aromatic heterocycles. The van der Waals surface area contributed by atoms with Crippen molar-refractivity contribution in [1.82, 2.24) is 35.1 Å². The van der Waals surface area contributed by atoms with E-state index in [-0.39, 0.29) is 0 Å². The van der Waals surface area contributed by atoms with Crippen molar-refractivity contribution in [2.75, 3.05) is 0 Å². The molecule has 0 fully saturated rings. The van der Waals surface area contributed by atoms with E-state index >= 15 is 0 Å². The third-order valence-corrected chi connectivity index (χ3v) is 6.91. The van der Waals surface area contributed by atoms with Crippen molar-refractivity contribution in [3.63, 3.8) is 0 Å². The molecule has 0 aliphatic carbocycles. The van der Waals surface area contributed by atoms with Gasteiger partial charge in [-0.1, -0.05) is 6.58 Å². The molecule has 0 saturated carbocycles. The lowest BCUT2D eigenvalue weighted by Gasteiger charge is -2.04. The molecule has 0 aliphatic heterocycles. The number of nitrogens with one attached hydrogen (secondary N) is 2. The number of allylic oxidation sites excluding steroid dienone is 1. The maximum absolute atomic E-state index is 4.91. The summed E-state index contributed by atoms with van der Waals surface area (Å²) in [5.74, 6) is 0.648. The first-order chi connectivity index (χ1) is 16.1. The first-order valence-corrected chi connectivity index (χ1v) is 11.3. The first-order valence-electron chi connectivity index (χ1n) is 10.4. The van der Waals surface area contributed by atoms with Gasteiger partial charge >= 0.3 is 0 Å². The van der Waals surface area contributed by atoms with Crippen LogP contribution >= 0.6 is 11.3 Å². The number of rotatable bonds is 4. The fourth-order valence-electron chi connectivity index (χ4n) is 3.88. The number of thiophene rings is 1. The second kappa shape index (κ2) is 7.46. The van der Waals surface area contributed by atoms with E-state index in [4.69, 9.17) is 9.97 Å². The van der Waals surface area contributed by atoms with Gasteiger partial charge < -0.3 is 4.98 Å². The molecule has 6 heterocycles. The molecule has 0 aliphatic rings. The number of imidazole rings is 1. The van der Waals surface area contributed by atoms with E-state index in [1.807, 2.05) is 37.5 Å². The second-order valence-corrected chi connectivity index (χ2v) is 9.05. The Morgan fingerprint density at radius 1 is 0.909 bits per heavy atom. The minimum absolute atomic E-state index is 0.648. The number of aryl methyl sites for hydroxylation is 1. The fourth-order valence-corrected chi connectivity index (χ4v) is 4.83. The van der Waals surface area contributed by atoms with Crippen molar-refractivity contribution in [1.29, 1.82) is 0 Å².